The summed E-state index contributed by atoms with van der Waals surface area (Å²) < 4.78 is 32.6. The second-order valence-electron chi connectivity index (χ2n) is 12.8. The first-order chi connectivity index (χ1) is 24.8. The Bertz CT molecular complexity index is 1020. The molecule has 0 radical (unpaired) electrons. The van der Waals surface area contributed by atoms with Gasteiger partial charge in [-0.1, -0.05) is 126 Å². The van der Waals surface area contributed by atoms with Crippen LogP contribution in [-0.2, 0) is 32.7 Å². The summed E-state index contributed by atoms with van der Waals surface area (Å²) in [5.74, 6) is -0.888. The highest BCUT2D eigenvalue weighted by atomic mass is 31.2. The van der Waals surface area contributed by atoms with Crippen molar-refractivity contribution in [1.82, 2.24) is 0 Å². The monoisotopic (exact) mass is 737 g/mol. The Morgan fingerprint density at radius 1 is 0.608 bits per heavy atom. The molecule has 0 amide bonds. The molecule has 294 valence electrons. The Kier molecular flexibility index (Phi) is 35.8. The lowest BCUT2D eigenvalue weighted by atomic mass is 10.1. The SMILES string of the molecule is CC/C=C\C/C=C\C/C=C\C/C=C\CCCCC(=O)O[C@H](COC(=O)CCCCCCCCC/C=C\CCCCCC)COP(=O)(O)OCCN. The number of allylic oxidation sites excluding steroid dienone is 10. The minimum absolute atomic E-state index is 0.0434. The number of hydrogen-bond donors (Lipinski definition) is 2. The summed E-state index contributed by atoms with van der Waals surface area (Å²) >= 11 is 0. The highest BCUT2D eigenvalue weighted by Gasteiger charge is 2.25. The average molecular weight is 738 g/mol. The third kappa shape index (κ3) is 37.3. The third-order valence-electron chi connectivity index (χ3n) is 7.89. The van der Waals surface area contributed by atoms with Crippen molar-refractivity contribution in [3.8, 4) is 0 Å². The molecule has 0 fully saturated rings. The normalized spacial score (nSPS) is 14.0. The number of carbonyl (C=O) groups is 2. The van der Waals surface area contributed by atoms with Crippen molar-refractivity contribution in [1.29, 1.82) is 0 Å². The van der Waals surface area contributed by atoms with Crippen LogP contribution in [0.1, 0.15) is 155 Å². The number of ether oxygens (including phenoxy) is 2. The van der Waals surface area contributed by atoms with Gasteiger partial charge in [-0.2, -0.15) is 0 Å². The van der Waals surface area contributed by atoms with E-state index in [1.165, 1.54) is 51.4 Å². The molecule has 3 N–H and O–H groups in total. The molecule has 0 bridgehead atoms. The maximum atomic E-state index is 12.5. The Morgan fingerprint density at radius 3 is 1.67 bits per heavy atom. The smallest absolute Gasteiger partial charge is 0.462 e. The largest absolute Gasteiger partial charge is 0.472 e. The van der Waals surface area contributed by atoms with Gasteiger partial charge in [0.2, 0.25) is 0 Å². The Balaban J connectivity index is 4.29. The van der Waals surface area contributed by atoms with Crippen LogP contribution >= 0.6 is 7.82 Å². The first kappa shape index (κ1) is 48.7. The van der Waals surface area contributed by atoms with E-state index in [0.717, 1.165) is 70.6 Å². The molecule has 0 aromatic carbocycles. The number of rotatable bonds is 36. The van der Waals surface area contributed by atoms with E-state index >= 15 is 0 Å². The topological polar surface area (TPSA) is 134 Å². The molecule has 0 aromatic heterocycles. The summed E-state index contributed by atoms with van der Waals surface area (Å²) in [5.41, 5.74) is 5.33. The molecule has 0 aliphatic rings. The van der Waals surface area contributed by atoms with Crippen molar-refractivity contribution in [2.75, 3.05) is 26.4 Å². The van der Waals surface area contributed by atoms with E-state index in [1.54, 1.807) is 0 Å². The lowest BCUT2D eigenvalue weighted by Gasteiger charge is -2.19. The summed E-state index contributed by atoms with van der Waals surface area (Å²) in [6.45, 7) is 3.53. The first-order valence-electron chi connectivity index (χ1n) is 19.8. The highest BCUT2D eigenvalue weighted by molar-refractivity contribution is 7.47. The van der Waals surface area contributed by atoms with Gasteiger partial charge in [0.1, 0.15) is 6.61 Å². The summed E-state index contributed by atoms with van der Waals surface area (Å²) in [7, 11) is -4.39. The van der Waals surface area contributed by atoms with Crippen LogP contribution in [0, 0.1) is 0 Å². The maximum Gasteiger partial charge on any atom is 0.472 e. The van der Waals surface area contributed by atoms with Gasteiger partial charge in [-0.25, -0.2) is 4.57 Å². The minimum Gasteiger partial charge on any atom is -0.462 e. The third-order valence-corrected chi connectivity index (χ3v) is 8.87. The van der Waals surface area contributed by atoms with Gasteiger partial charge in [-0.05, 0) is 77.0 Å². The number of phosphoric acid groups is 1. The number of nitrogens with two attached hydrogens (primary N) is 1. The molecule has 0 aliphatic carbocycles. The molecule has 0 saturated heterocycles. The second-order valence-corrected chi connectivity index (χ2v) is 14.2. The van der Waals surface area contributed by atoms with Crippen molar-refractivity contribution in [2.45, 2.75) is 161 Å². The highest BCUT2D eigenvalue weighted by Crippen LogP contribution is 2.43. The molecule has 0 heterocycles. The van der Waals surface area contributed by atoms with Gasteiger partial charge in [-0.15, -0.1) is 0 Å². The molecule has 0 spiro atoms. The Hall–Kier alpha value is -2.29. The van der Waals surface area contributed by atoms with Gasteiger partial charge in [-0.3, -0.25) is 18.6 Å². The van der Waals surface area contributed by atoms with Crippen LogP contribution in [0.5, 0.6) is 0 Å². The molecule has 0 saturated carbocycles. The number of hydrogen-bond acceptors (Lipinski definition) is 8. The summed E-state index contributed by atoms with van der Waals surface area (Å²) in [6.07, 6.45) is 42.5. The summed E-state index contributed by atoms with van der Waals surface area (Å²) in [5, 5.41) is 0. The Morgan fingerprint density at radius 2 is 1.08 bits per heavy atom. The van der Waals surface area contributed by atoms with E-state index in [4.69, 9.17) is 24.3 Å². The predicted octanol–water partition coefficient (Wildman–Crippen LogP) is 10.9. The molecule has 0 rings (SSSR count). The van der Waals surface area contributed by atoms with E-state index in [2.05, 4.69) is 74.6 Å². The van der Waals surface area contributed by atoms with Gasteiger partial charge in [0.25, 0.3) is 0 Å². The number of unbranched alkanes of at least 4 members (excludes halogenated alkanes) is 13. The van der Waals surface area contributed by atoms with E-state index in [0.29, 0.717) is 6.42 Å². The zero-order chi connectivity index (χ0) is 37.5. The summed E-state index contributed by atoms with van der Waals surface area (Å²) in [6, 6.07) is 0. The zero-order valence-electron chi connectivity index (χ0n) is 32.1. The van der Waals surface area contributed by atoms with Gasteiger partial charge in [0, 0.05) is 19.4 Å². The van der Waals surface area contributed by atoms with Gasteiger partial charge in [0.05, 0.1) is 13.2 Å². The van der Waals surface area contributed by atoms with Crippen LogP contribution in [0.15, 0.2) is 60.8 Å². The van der Waals surface area contributed by atoms with Crippen LogP contribution in [0.2, 0.25) is 0 Å². The molecule has 0 aliphatic heterocycles. The molecular formula is C41H72NO8P. The lowest BCUT2D eigenvalue weighted by Crippen LogP contribution is -2.29. The second kappa shape index (κ2) is 37.5. The standard InChI is InChI=1S/C41H72NO8P/c1-3-5-7-9-11-13-15-17-19-21-23-25-27-29-31-33-40(43)47-37-39(38-49-51(45,46)48-36-35-42)50-41(44)34-32-30-28-26-24-22-20-18-16-14-12-10-8-6-4-2/h6,8,12-15,18,20,24,26,39H,3-5,7,9-11,16-17,19,21-23,25,27-38,42H2,1-2H3,(H,45,46)/b8-6-,14-12-,15-13-,20-18-,26-24-/t39-/m1/s1. The Labute approximate surface area is 310 Å². The first-order valence-corrected chi connectivity index (χ1v) is 21.3. The van der Waals surface area contributed by atoms with Gasteiger partial charge in [0.15, 0.2) is 6.10 Å². The van der Waals surface area contributed by atoms with E-state index in [9.17, 15) is 19.0 Å². The molecule has 9 nitrogen and oxygen atoms in total. The van der Waals surface area contributed by atoms with Crippen molar-refractivity contribution < 1.29 is 37.6 Å². The lowest BCUT2D eigenvalue weighted by molar-refractivity contribution is -0.161. The molecule has 51 heavy (non-hydrogen) atoms. The molecular weight excluding hydrogens is 665 g/mol. The van der Waals surface area contributed by atoms with Crippen LogP contribution < -0.4 is 5.73 Å². The van der Waals surface area contributed by atoms with E-state index in [1.807, 2.05) is 0 Å². The summed E-state index contributed by atoms with van der Waals surface area (Å²) in [4.78, 5) is 34.7. The number of carbonyl (C=O) groups excluding carboxylic acids is 2. The molecule has 1 unspecified atom stereocenters. The minimum atomic E-state index is -4.39. The van der Waals surface area contributed by atoms with Gasteiger partial charge < -0.3 is 20.1 Å². The van der Waals surface area contributed by atoms with Crippen molar-refractivity contribution in [2.24, 2.45) is 5.73 Å². The van der Waals surface area contributed by atoms with Crippen LogP contribution in [-0.4, -0.2) is 49.3 Å². The van der Waals surface area contributed by atoms with Crippen molar-refractivity contribution in [3.05, 3.63) is 60.8 Å². The van der Waals surface area contributed by atoms with Crippen molar-refractivity contribution in [3.63, 3.8) is 0 Å². The van der Waals surface area contributed by atoms with Crippen LogP contribution in [0.3, 0.4) is 0 Å². The van der Waals surface area contributed by atoms with Crippen LogP contribution in [0.4, 0.5) is 0 Å². The molecule has 0 aromatic rings. The fourth-order valence-electron chi connectivity index (χ4n) is 4.97. The van der Waals surface area contributed by atoms with Gasteiger partial charge >= 0.3 is 19.8 Å². The van der Waals surface area contributed by atoms with Crippen LogP contribution in [0.25, 0.3) is 0 Å². The maximum absolute atomic E-state index is 12.5. The molecule has 2 atom stereocenters. The number of esters is 2. The molecule has 10 heteroatoms. The number of phosphoric ester groups is 1. The fraction of sp³-hybridized carbons (Fsp3) is 0.707. The predicted molar refractivity (Wildman–Crippen MR) is 210 cm³/mol. The quantitative estimate of drug-likeness (QED) is 0.0279. The zero-order valence-corrected chi connectivity index (χ0v) is 33.0. The fourth-order valence-corrected chi connectivity index (χ4v) is 5.74. The van der Waals surface area contributed by atoms with Crippen molar-refractivity contribution >= 4 is 19.8 Å². The van der Waals surface area contributed by atoms with E-state index in [-0.39, 0.29) is 32.6 Å². The average Bonchev–Trinajstić information content (AvgIpc) is 3.11. The van der Waals surface area contributed by atoms with E-state index < -0.39 is 32.5 Å².